The summed E-state index contributed by atoms with van der Waals surface area (Å²) in [6.45, 7) is 0.463. The van der Waals surface area contributed by atoms with Crippen molar-refractivity contribution in [2.75, 3.05) is 5.32 Å². The average molecular weight is 548 g/mol. The number of hydrogen-bond donors (Lipinski definition) is 2. The summed E-state index contributed by atoms with van der Waals surface area (Å²) in [6, 6.07) is 21.9. The number of fused-ring (bicyclic) bond motifs is 1. The number of carbonyl (C=O) groups is 1. The predicted octanol–water partition coefficient (Wildman–Crippen LogP) is 5.89. The van der Waals surface area contributed by atoms with Crippen molar-refractivity contribution >= 4 is 45.3 Å². The summed E-state index contributed by atoms with van der Waals surface area (Å²) in [5, 5.41) is 3.58. The van der Waals surface area contributed by atoms with Crippen LogP contribution in [0.25, 0.3) is 16.6 Å². The maximum Gasteiger partial charge on any atom is 0.333 e. The lowest BCUT2D eigenvalue weighted by molar-refractivity contribution is -0.118. The zero-order chi connectivity index (χ0) is 26.6. The Morgan fingerprint density at radius 2 is 1.68 bits per heavy atom. The molecule has 38 heavy (non-hydrogen) atoms. The van der Waals surface area contributed by atoms with E-state index in [1.165, 1.54) is 23.5 Å². The molecule has 2 N–H and O–H groups in total. The minimum absolute atomic E-state index is 0.104. The van der Waals surface area contributed by atoms with Gasteiger partial charge in [-0.15, -0.1) is 11.3 Å². The van der Waals surface area contributed by atoms with E-state index in [-0.39, 0.29) is 18.0 Å². The molecule has 0 fully saturated rings. The molecular formula is C29H23ClFN3O3S. The quantitative estimate of drug-likeness (QED) is 0.241. The smallest absolute Gasteiger partial charge is 0.333 e. The molecule has 2 aromatic heterocycles. The first-order chi connectivity index (χ1) is 18.4. The fraction of sp³-hybridized carbons (Fsp3) is 0.138. The summed E-state index contributed by atoms with van der Waals surface area (Å²) in [5.74, 6) is -0.195. The molecule has 6 nitrogen and oxygen atoms in total. The molecule has 5 aromatic rings. The van der Waals surface area contributed by atoms with E-state index in [1.54, 1.807) is 54.6 Å². The van der Waals surface area contributed by atoms with Gasteiger partial charge in [-0.25, -0.2) is 13.8 Å². The van der Waals surface area contributed by atoms with Gasteiger partial charge in [-0.2, -0.15) is 0 Å². The van der Waals surface area contributed by atoms with E-state index < -0.39 is 11.2 Å². The number of ketones is 1. The number of hydrogen-bond acceptors (Lipinski definition) is 5. The first kappa shape index (κ1) is 25.6. The first-order valence-corrected chi connectivity index (χ1v) is 13.2. The zero-order valence-corrected chi connectivity index (χ0v) is 21.7. The predicted molar refractivity (Wildman–Crippen MR) is 150 cm³/mol. The van der Waals surface area contributed by atoms with Gasteiger partial charge in [0.15, 0.2) is 0 Å². The lowest BCUT2D eigenvalue weighted by Gasteiger charge is -2.10. The normalized spacial score (nSPS) is 11.1. The van der Waals surface area contributed by atoms with Gasteiger partial charge in [-0.1, -0.05) is 35.9 Å². The van der Waals surface area contributed by atoms with Crippen LogP contribution < -0.4 is 16.6 Å². The highest BCUT2D eigenvalue weighted by molar-refractivity contribution is 7.16. The van der Waals surface area contributed by atoms with E-state index in [0.29, 0.717) is 46.0 Å². The van der Waals surface area contributed by atoms with Crippen molar-refractivity contribution < 1.29 is 9.18 Å². The van der Waals surface area contributed by atoms with Gasteiger partial charge in [0.1, 0.15) is 11.6 Å². The molecule has 0 atom stereocenters. The van der Waals surface area contributed by atoms with Crippen molar-refractivity contribution in [3.63, 3.8) is 0 Å². The van der Waals surface area contributed by atoms with Crippen LogP contribution in [0, 0.1) is 5.82 Å². The SMILES string of the molecule is O=C(CCc1ccc(Cl)s1)Cc1ccc(-n2c(=O)[nH]c3cc(NCc4ccc(F)cc4)ccc3c2=O)cc1. The molecule has 0 unspecified atom stereocenters. The maximum absolute atomic E-state index is 13.2. The molecule has 9 heteroatoms. The van der Waals surface area contributed by atoms with E-state index in [4.69, 9.17) is 11.6 Å². The number of H-pyrrole nitrogens is 1. The topological polar surface area (TPSA) is 84.0 Å². The molecule has 0 amide bonds. The second-order valence-corrected chi connectivity index (χ2v) is 10.7. The highest BCUT2D eigenvalue weighted by Gasteiger charge is 2.12. The van der Waals surface area contributed by atoms with Crippen LogP contribution >= 0.6 is 22.9 Å². The number of aromatic amines is 1. The molecule has 0 radical (unpaired) electrons. The molecule has 0 spiro atoms. The van der Waals surface area contributed by atoms with Gasteiger partial charge >= 0.3 is 5.69 Å². The summed E-state index contributed by atoms with van der Waals surface area (Å²) < 4.78 is 14.9. The Balaban J connectivity index is 1.29. The lowest BCUT2D eigenvalue weighted by Crippen LogP contribution is -2.33. The summed E-state index contributed by atoms with van der Waals surface area (Å²) >= 11 is 7.42. The number of benzene rings is 3. The van der Waals surface area contributed by atoms with Gasteiger partial charge in [0.05, 0.1) is 20.9 Å². The summed E-state index contributed by atoms with van der Waals surface area (Å²) in [7, 11) is 0. The van der Waals surface area contributed by atoms with Gasteiger partial charge in [-0.3, -0.25) is 9.59 Å². The van der Waals surface area contributed by atoms with Gasteiger partial charge in [0.2, 0.25) is 0 Å². The minimum Gasteiger partial charge on any atom is -0.381 e. The maximum atomic E-state index is 13.2. The number of aromatic nitrogens is 2. The van der Waals surface area contributed by atoms with Crippen molar-refractivity contribution in [3.8, 4) is 5.69 Å². The Morgan fingerprint density at radius 3 is 2.39 bits per heavy atom. The van der Waals surface area contributed by atoms with Gasteiger partial charge < -0.3 is 10.3 Å². The Morgan fingerprint density at radius 1 is 0.947 bits per heavy atom. The molecule has 0 aliphatic heterocycles. The van der Waals surface area contributed by atoms with Crippen LogP contribution in [-0.4, -0.2) is 15.3 Å². The van der Waals surface area contributed by atoms with E-state index >= 15 is 0 Å². The minimum atomic E-state index is -0.559. The number of anilines is 1. The molecule has 0 saturated carbocycles. The zero-order valence-electron chi connectivity index (χ0n) is 20.2. The third-order valence-electron chi connectivity index (χ3n) is 6.18. The summed E-state index contributed by atoms with van der Waals surface area (Å²) in [6.07, 6.45) is 1.35. The summed E-state index contributed by atoms with van der Waals surface area (Å²) in [5.41, 5.74) is 2.25. The number of aryl methyl sites for hydroxylation is 1. The Bertz CT molecular complexity index is 1720. The molecule has 0 aliphatic carbocycles. The van der Waals surface area contributed by atoms with E-state index in [1.807, 2.05) is 12.1 Å². The highest BCUT2D eigenvalue weighted by Crippen LogP contribution is 2.23. The average Bonchev–Trinajstić information content (AvgIpc) is 3.33. The van der Waals surface area contributed by atoms with E-state index in [2.05, 4.69) is 10.3 Å². The molecule has 0 aliphatic rings. The van der Waals surface area contributed by atoms with Crippen LogP contribution in [0.4, 0.5) is 10.1 Å². The fourth-order valence-corrected chi connectivity index (χ4v) is 5.28. The number of thiophene rings is 1. The van der Waals surface area contributed by atoms with Gasteiger partial charge in [-0.05, 0) is 72.1 Å². The number of halogens is 2. The van der Waals surface area contributed by atoms with E-state index in [9.17, 15) is 18.8 Å². The largest absolute Gasteiger partial charge is 0.381 e. The third kappa shape index (κ3) is 5.93. The Labute approximate surface area is 226 Å². The van der Waals surface area contributed by atoms with Gasteiger partial charge in [0, 0.05) is 30.0 Å². The second-order valence-electron chi connectivity index (χ2n) is 8.90. The molecule has 5 rings (SSSR count). The highest BCUT2D eigenvalue weighted by atomic mass is 35.5. The molecule has 0 saturated heterocycles. The third-order valence-corrected chi connectivity index (χ3v) is 7.47. The summed E-state index contributed by atoms with van der Waals surface area (Å²) in [4.78, 5) is 42.3. The van der Waals surface area contributed by atoms with Crippen LogP contribution in [0.2, 0.25) is 4.34 Å². The van der Waals surface area contributed by atoms with Crippen LogP contribution in [0.1, 0.15) is 22.4 Å². The van der Waals surface area contributed by atoms with Gasteiger partial charge in [0.25, 0.3) is 5.56 Å². The molecule has 0 bridgehead atoms. The fourth-order valence-electron chi connectivity index (χ4n) is 4.20. The number of Topliss-reactive ketones (excluding diaryl/α,β-unsaturated/α-hetero) is 1. The number of rotatable bonds is 9. The standard InChI is InChI=1S/C29H23ClFN3O3S/c30-27-14-12-24(38-27)11-10-23(35)15-18-3-8-22(9-4-18)34-28(36)25-13-7-21(16-26(25)33-29(34)37)32-17-19-1-5-20(31)6-2-19/h1-9,12-14,16,32H,10-11,15,17H2,(H,33,37). The van der Waals surface area contributed by atoms with Crippen LogP contribution in [-0.2, 0) is 24.2 Å². The van der Waals surface area contributed by atoms with Crippen molar-refractivity contribution in [3.05, 3.63) is 126 Å². The van der Waals surface area contributed by atoms with Crippen molar-refractivity contribution in [1.29, 1.82) is 0 Å². The second kappa shape index (κ2) is 11.2. The Kier molecular flexibility index (Phi) is 7.53. The van der Waals surface area contributed by atoms with Crippen LogP contribution in [0.15, 0.2) is 88.5 Å². The first-order valence-electron chi connectivity index (χ1n) is 12.0. The van der Waals surface area contributed by atoms with Crippen LogP contribution in [0.3, 0.4) is 0 Å². The molecule has 2 heterocycles. The number of nitrogens with zero attached hydrogens (tertiary/aromatic N) is 1. The van der Waals surface area contributed by atoms with Crippen molar-refractivity contribution in [1.82, 2.24) is 9.55 Å². The van der Waals surface area contributed by atoms with E-state index in [0.717, 1.165) is 20.6 Å². The molecule has 3 aromatic carbocycles. The number of carbonyl (C=O) groups excluding carboxylic acids is 1. The van der Waals surface area contributed by atoms with Crippen molar-refractivity contribution in [2.45, 2.75) is 25.8 Å². The number of nitrogens with one attached hydrogen (secondary N) is 2. The van der Waals surface area contributed by atoms with Crippen molar-refractivity contribution in [2.24, 2.45) is 0 Å². The lowest BCUT2D eigenvalue weighted by atomic mass is 10.0. The monoisotopic (exact) mass is 547 g/mol. The molecular weight excluding hydrogens is 525 g/mol. The van der Waals surface area contributed by atoms with Crippen LogP contribution in [0.5, 0.6) is 0 Å². The Hall–Kier alpha value is -4.01. The molecule has 192 valence electrons.